The summed E-state index contributed by atoms with van der Waals surface area (Å²) in [7, 11) is 0. The Bertz CT molecular complexity index is 831. The maximum absolute atomic E-state index is 13.1. The molecule has 0 aliphatic carbocycles. The van der Waals surface area contributed by atoms with Crippen LogP contribution in [0.15, 0.2) is 35.0 Å². The average molecular weight is 412 g/mol. The highest BCUT2D eigenvalue weighted by Gasteiger charge is 2.32. The third-order valence-corrected chi connectivity index (χ3v) is 5.07. The molecule has 0 saturated carbocycles. The van der Waals surface area contributed by atoms with Gasteiger partial charge in [0.25, 0.3) is 5.91 Å². The number of carbonyl (C=O) groups excluding carboxylic acids is 2. The zero-order chi connectivity index (χ0) is 20.1. The molecule has 1 aliphatic heterocycles. The van der Waals surface area contributed by atoms with Gasteiger partial charge in [0.05, 0.1) is 23.4 Å². The van der Waals surface area contributed by atoms with Crippen LogP contribution in [0, 0.1) is 0 Å². The number of rotatable bonds is 6. The molecule has 1 aromatic carbocycles. The Balaban J connectivity index is 1.66. The van der Waals surface area contributed by atoms with Gasteiger partial charge in [0, 0.05) is 13.1 Å². The second-order valence-corrected chi connectivity index (χ2v) is 7.22. The molecule has 150 valence electrons. The van der Waals surface area contributed by atoms with Crippen molar-refractivity contribution in [1.82, 2.24) is 0 Å². The molecule has 0 atom stereocenters. The lowest BCUT2D eigenvalue weighted by Crippen LogP contribution is -2.25. The third-order valence-electron chi connectivity index (χ3n) is 4.34. The van der Waals surface area contributed by atoms with Gasteiger partial charge < -0.3 is 15.0 Å². The fourth-order valence-electron chi connectivity index (χ4n) is 2.99. The highest BCUT2D eigenvalue weighted by molar-refractivity contribution is 7.08. The molecule has 1 N–H and O–H groups in total. The molecule has 1 saturated heterocycles. The molecule has 0 radical (unpaired) electrons. The molecule has 1 aliphatic rings. The van der Waals surface area contributed by atoms with Crippen molar-refractivity contribution in [2.75, 3.05) is 29.9 Å². The summed E-state index contributed by atoms with van der Waals surface area (Å²) in [5, 5.41) is 6.08. The minimum Gasteiger partial charge on any atom is -0.455 e. The van der Waals surface area contributed by atoms with Crippen LogP contribution >= 0.6 is 11.3 Å². The van der Waals surface area contributed by atoms with E-state index in [0.29, 0.717) is 18.8 Å². The van der Waals surface area contributed by atoms with E-state index in [1.165, 1.54) is 17.4 Å². The van der Waals surface area contributed by atoms with Gasteiger partial charge in [-0.15, -0.1) is 0 Å². The highest BCUT2D eigenvalue weighted by atomic mass is 32.1. The number of esters is 1. The van der Waals surface area contributed by atoms with Crippen LogP contribution in [0.3, 0.4) is 0 Å². The van der Waals surface area contributed by atoms with Crippen molar-refractivity contribution >= 4 is 34.6 Å². The summed E-state index contributed by atoms with van der Waals surface area (Å²) in [6.07, 6.45) is -2.60. The van der Waals surface area contributed by atoms with Gasteiger partial charge in [-0.25, -0.2) is 0 Å². The van der Waals surface area contributed by atoms with E-state index in [4.69, 9.17) is 4.74 Å². The van der Waals surface area contributed by atoms with Crippen LogP contribution in [0.5, 0.6) is 0 Å². The Morgan fingerprint density at radius 1 is 1.18 bits per heavy atom. The van der Waals surface area contributed by atoms with Gasteiger partial charge in [0.1, 0.15) is 0 Å². The average Bonchev–Trinajstić information content (AvgIpc) is 3.33. The van der Waals surface area contributed by atoms with E-state index >= 15 is 0 Å². The number of halogens is 3. The summed E-state index contributed by atoms with van der Waals surface area (Å²) < 4.78 is 44.1. The number of alkyl halides is 3. The fraction of sp³-hybridized carbons (Fsp3) is 0.368. The van der Waals surface area contributed by atoms with Crippen LogP contribution in [-0.4, -0.2) is 31.6 Å². The lowest BCUT2D eigenvalue weighted by atomic mass is 10.1. The smallest absolute Gasteiger partial charge is 0.416 e. The van der Waals surface area contributed by atoms with Gasteiger partial charge in [-0.3, -0.25) is 9.59 Å². The van der Waals surface area contributed by atoms with E-state index in [-0.39, 0.29) is 12.1 Å². The zero-order valence-corrected chi connectivity index (χ0v) is 15.7. The lowest BCUT2D eigenvalue weighted by molar-refractivity contribution is -0.146. The molecular formula is C19H19F3N2O3S. The van der Waals surface area contributed by atoms with E-state index in [2.05, 4.69) is 5.32 Å². The van der Waals surface area contributed by atoms with Crippen LogP contribution in [0.2, 0.25) is 0 Å². The number of nitrogens with zero attached hydrogens (tertiary/aromatic N) is 1. The van der Waals surface area contributed by atoms with E-state index in [1.54, 1.807) is 11.4 Å². The molecular weight excluding hydrogens is 393 g/mol. The van der Waals surface area contributed by atoms with E-state index < -0.39 is 30.2 Å². The summed E-state index contributed by atoms with van der Waals surface area (Å²) in [6.45, 7) is 0.867. The van der Waals surface area contributed by atoms with Gasteiger partial charge in [0.2, 0.25) is 0 Å². The van der Waals surface area contributed by atoms with Crippen LogP contribution in [0.25, 0.3) is 0 Å². The first kappa shape index (κ1) is 20.2. The second-order valence-electron chi connectivity index (χ2n) is 6.44. The van der Waals surface area contributed by atoms with Crippen LogP contribution in [0.1, 0.15) is 24.0 Å². The molecule has 9 heteroatoms. The Labute approximate surface area is 164 Å². The maximum Gasteiger partial charge on any atom is 0.416 e. The Kier molecular flexibility index (Phi) is 6.23. The molecule has 0 unspecified atom stereocenters. The molecule has 2 aromatic rings. The molecule has 1 amide bonds. The normalized spacial score (nSPS) is 14.2. The van der Waals surface area contributed by atoms with Gasteiger partial charge >= 0.3 is 12.1 Å². The summed E-state index contributed by atoms with van der Waals surface area (Å²) in [4.78, 5) is 25.9. The van der Waals surface area contributed by atoms with Crippen molar-refractivity contribution in [1.29, 1.82) is 0 Å². The number of hydrogen-bond donors (Lipinski definition) is 1. The molecule has 0 bridgehead atoms. The van der Waals surface area contributed by atoms with Gasteiger partial charge in [-0.1, -0.05) is 0 Å². The minimum atomic E-state index is -4.52. The molecule has 0 spiro atoms. The molecule has 1 aromatic heterocycles. The number of ether oxygens (including phenoxy) is 1. The topological polar surface area (TPSA) is 58.6 Å². The summed E-state index contributed by atoms with van der Waals surface area (Å²) in [5.74, 6) is -1.25. The summed E-state index contributed by atoms with van der Waals surface area (Å²) >= 11 is 1.44. The first-order chi connectivity index (χ1) is 13.3. The number of carbonyl (C=O) groups is 2. The van der Waals surface area contributed by atoms with Crippen molar-refractivity contribution in [2.24, 2.45) is 0 Å². The van der Waals surface area contributed by atoms with Crippen LogP contribution < -0.4 is 10.2 Å². The van der Waals surface area contributed by atoms with Crippen molar-refractivity contribution in [3.63, 3.8) is 0 Å². The largest absolute Gasteiger partial charge is 0.455 e. The summed E-state index contributed by atoms with van der Waals surface area (Å²) in [6, 6.07) is 5.06. The van der Waals surface area contributed by atoms with Crippen molar-refractivity contribution in [3.8, 4) is 0 Å². The third kappa shape index (κ3) is 5.25. The Morgan fingerprint density at radius 3 is 2.57 bits per heavy atom. The lowest BCUT2D eigenvalue weighted by Gasteiger charge is -2.23. The second kappa shape index (κ2) is 8.64. The highest BCUT2D eigenvalue weighted by Crippen LogP contribution is 2.36. The Morgan fingerprint density at radius 2 is 1.93 bits per heavy atom. The molecule has 2 heterocycles. The quantitative estimate of drug-likeness (QED) is 0.726. The van der Waals surface area contributed by atoms with E-state index in [0.717, 1.165) is 30.5 Å². The monoisotopic (exact) mass is 412 g/mol. The van der Waals surface area contributed by atoms with Gasteiger partial charge in [-0.2, -0.15) is 24.5 Å². The van der Waals surface area contributed by atoms with Crippen LogP contribution in [0.4, 0.5) is 24.5 Å². The predicted octanol–water partition coefficient (Wildman–Crippen LogP) is 4.09. The molecule has 3 rings (SSSR count). The maximum atomic E-state index is 13.1. The molecule has 5 nitrogen and oxygen atoms in total. The van der Waals surface area contributed by atoms with E-state index in [9.17, 15) is 22.8 Å². The first-order valence-corrected chi connectivity index (χ1v) is 9.70. The number of thiophene rings is 1. The number of hydrogen-bond acceptors (Lipinski definition) is 5. The first-order valence-electron chi connectivity index (χ1n) is 8.75. The van der Waals surface area contributed by atoms with Gasteiger partial charge in [-0.05, 0) is 53.4 Å². The van der Waals surface area contributed by atoms with Crippen molar-refractivity contribution in [3.05, 3.63) is 46.2 Å². The number of anilines is 2. The Hall–Kier alpha value is -2.55. The molecule has 1 fully saturated rings. The van der Waals surface area contributed by atoms with Gasteiger partial charge in [0.15, 0.2) is 6.61 Å². The number of amides is 1. The van der Waals surface area contributed by atoms with Crippen molar-refractivity contribution in [2.45, 2.75) is 25.4 Å². The SMILES string of the molecule is O=C(COC(=O)Cc1ccsc1)Nc1cc(C(F)(F)F)ccc1N1CCCC1. The summed E-state index contributed by atoms with van der Waals surface area (Å²) in [5.41, 5.74) is 0.531. The number of nitrogens with one attached hydrogen (secondary N) is 1. The van der Waals surface area contributed by atoms with Crippen LogP contribution in [-0.2, 0) is 26.9 Å². The molecule has 28 heavy (non-hydrogen) atoms. The predicted molar refractivity (Wildman–Crippen MR) is 101 cm³/mol. The fourth-order valence-corrected chi connectivity index (χ4v) is 3.66. The number of benzene rings is 1. The zero-order valence-electron chi connectivity index (χ0n) is 14.9. The van der Waals surface area contributed by atoms with E-state index in [1.807, 2.05) is 10.3 Å². The minimum absolute atomic E-state index is 0.0410. The van der Waals surface area contributed by atoms with Crippen molar-refractivity contribution < 1.29 is 27.5 Å². The standard InChI is InChI=1S/C19H19F3N2O3S/c20-19(21,22)14-3-4-16(24-6-1-2-7-24)15(10-14)23-17(25)11-27-18(26)9-13-5-8-28-12-13/h3-5,8,10,12H,1-2,6-7,9,11H2,(H,23,25).